The van der Waals surface area contributed by atoms with Gasteiger partial charge in [0.25, 0.3) is 11.8 Å². The second kappa shape index (κ2) is 8.42. The van der Waals surface area contributed by atoms with Gasteiger partial charge in [0, 0.05) is 17.7 Å². The number of hydrogen-bond acceptors (Lipinski definition) is 3. The highest BCUT2D eigenvalue weighted by Crippen LogP contribution is 2.24. The molecule has 0 spiro atoms. The molecular formula is C21H19FN2O3. The number of carbonyl (C=O) groups is 2. The number of hydroxylamine groups is 1. The molecule has 1 fully saturated rings. The zero-order valence-corrected chi connectivity index (χ0v) is 14.5. The molecule has 27 heavy (non-hydrogen) atoms. The van der Waals surface area contributed by atoms with Gasteiger partial charge in [-0.1, -0.05) is 36.4 Å². The Morgan fingerprint density at radius 3 is 2.22 bits per heavy atom. The van der Waals surface area contributed by atoms with Gasteiger partial charge in [-0.25, -0.2) is 9.87 Å². The van der Waals surface area contributed by atoms with Crippen LogP contribution in [0.2, 0.25) is 0 Å². The first-order valence-electron chi connectivity index (χ1n) is 8.56. The number of nitrogens with one attached hydrogen (secondary N) is 2. The fraction of sp³-hybridized carbons (Fsp3) is 0.143. The van der Waals surface area contributed by atoms with Crippen molar-refractivity contribution < 1.29 is 19.2 Å². The van der Waals surface area contributed by atoms with Crippen LogP contribution in [-0.2, 0) is 9.59 Å². The number of amides is 2. The molecule has 1 saturated carbocycles. The molecule has 0 bridgehead atoms. The monoisotopic (exact) mass is 366 g/mol. The van der Waals surface area contributed by atoms with Crippen molar-refractivity contribution in [2.45, 2.75) is 18.9 Å². The third-order valence-corrected chi connectivity index (χ3v) is 4.10. The van der Waals surface area contributed by atoms with Gasteiger partial charge in [-0.05, 0) is 53.8 Å². The van der Waals surface area contributed by atoms with Gasteiger partial charge in [0.05, 0.1) is 0 Å². The van der Waals surface area contributed by atoms with Crippen LogP contribution in [0, 0.1) is 5.82 Å². The highest BCUT2D eigenvalue weighted by molar-refractivity contribution is 6.24. The topological polar surface area (TPSA) is 78.4 Å². The molecule has 2 amide bonds. The number of hydrogen-bond donors (Lipinski definition) is 3. The van der Waals surface area contributed by atoms with Crippen molar-refractivity contribution in [3.05, 3.63) is 77.1 Å². The summed E-state index contributed by atoms with van der Waals surface area (Å²) in [5, 5.41) is 11.4. The van der Waals surface area contributed by atoms with Gasteiger partial charge in [0.15, 0.2) is 0 Å². The van der Waals surface area contributed by atoms with E-state index in [1.165, 1.54) is 23.7 Å². The van der Waals surface area contributed by atoms with Crippen LogP contribution >= 0.6 is 0 Å². The Morgan fingerprint density at radius 1 is 1.00 bits per heavy atom. The third kappa shape index (κ3) is 5.36. The van der Waals surface area contributed by atoms with Crippen molar-refractivity contribution in [1.82, 2.24) is 10.8 Å². The molecule has 6 heteroatoms. The molecule has 1 aliphatic carbocycles. The fourth-order valence-corrected chi connectivity index (χ4v) is 2.48. The van der Waals surface area contributed by atoms with E-state index in [4.69, 9.17) is 5.21 Å². The van der Waals surface area contributed by atoms with E-state index >= 15 is 0 Å². The summed E-state index contributed by atoms with van der Waals surface area (Å²) in [6.45, 7) is 0. The summed E-state index contributed by atoms with van der Waals surface area (Å²) in [6, 6.07) is 13.2. The van der Waals surface area contributed by atoms with E-state index in [9.17, 15) is 14.0 Å². The van der Waals surface area contributed by atoms with Gasteiger partial charge >= 0.3 is 0 Å². The van der Waals surface area contributed by atoms with Crippen molar-refractivity contribution in [2.75, 3.05) is 0 Å². The van der Waals surface area contributed by atoms with Gasteiger partial charge in [0.2, 0.25) is 0 Å². The normalized spacial score (nSPS) is 14.2. The largest absolute Gasteiger partial charge is 0.349 e. The minimum absolute atomic E-state index is 0.187. The second-order valence-corrected chi connectivity index (χ2v) is 6.29. The summed E-state index contributed by atoms with van der Waals surface area (Å²) in [5.41, 5.74) is 4.18. The summed E-state index contributed by atoms with van der Waals surface area (Å²) >= 11 is 0. The molecule has 2 aromatic rings. The SMILES string of the molecule is O=C(C=Cc1ccc(C=C(C(=O)NC2CC2)c2ccc(F)cc2)cc1)NO. The maximum Gasteiger partial charge on any atom is 0.267 e. The van der Waals surface area contributed by atoms with Gasteiger partial charge in [-0.15, -0.1) is 0 Å². The van der Waals surface area contributed by atoms with Crippen molar-refractivity contribution in [3.8, 4) is 0 Å². The average Bonchev–Trinajstić information content (AvgIpc) is 3.50. The van der Waals surface area contributed by atoms with Gasteiger partial charge in [-0.2, -0.15) is 0 Å². The fourth-order valence-electron chi connectivity index (χ4n) is 2.48. The van der Waals surface area contributed by atoms with Crippen LogP contribution in [0.3, 0.4) is 0 Å². The van der Waals surface area contributed by atoms with E-state index in [0.717, 1.165) is 24.0 Å². The average molecular weight is 366 g/mol. The molecule has 1 aliphatic rings. The number of rotatable bonds is 6. The van der Waals surface area contributed by atoms with E-state index in [1.807, 2.05) is 12.1 Å². The Hall–Kier alpha value is -3.25. The van der Waals surface area contributed by atoms with Crippen LogP contribution in [0.15, 0.2) is 54.6 Å². The van der Waals surface area contributed by atoms with Crippen molar-refractivity contribution >= 4 is 29.5 Å². The van der Waals surface area contributed by atoms with Gasteiger partial charge in [0.1, 0.15) is 5.82 Å². The maximum absolute atomic E-state index is 13.2. The number of benzene rings is 2. The lowest BCUT2D eigenvalue weighted by Crippen LogP contribution is -2.26. The van der Waals surface area contributed by atoms with Crippen LogP contribution in [0.5, 0.6) is 0 Å². The molecule has 0 radical (unpaired) electrons. The maximum atomic E-state index is 13.2. The first kappa shape index (κ1) is 18.5. The van der Waals surface area contributed by atoms with Crippen LogP contribution in [0.4, 0.5) is 4.39 Å². The molecule has 0 heterocycles. The molecule has 138 valence electrons. The summed E-state index contributed by atoms with van der Waals surface area (Å²) in [5.74, 6) is -1.16. The minimum atomic E-state index is -0.616. The number of carbonyl (C=O) groups excluding carboxylic acids is 2. The van der Waals surface area contributed by atoms with Gasteiger partial charge in [-0.3, -0.25) is 14.8 Å². The van der Waals surface area contributed by atoms with Crippen molar-refractivity contribution in [2.24, 2.45) is 0 Å². The molecule has 2 aromatic carbocycles. The molecule has 3 N–H and O–H groups in total. The summed E-state index contributed by atoms with van der Waals surface area (Å²) < 4.78 is 13.2. The Morgan fingerprint density at radius 2 is 1.63 bits per heavy atom. The van der Waals surface area contributed by atoms with Crippen LogP contribution in [0.1, 0.15) is 29.5 Å². The third-order valence-electron chi connectivity index (χ3n) is 4.10. The highest BCUT2D eigenvalue weighted by atomic mass is 19.1. The lowest BCUT2D eigenvalue weighted by molar-refractivity contribution is -0.124. The first-order chi connectivity index (χ1) is 13.0. The van der Waals surface area contributed by atoms with Gasteiger partial charge < -0.3 is 5.32 Å². The zero-order chi connectivity index (χ0) is 19.2. The predicted octanol–water partition coefficient (Wildman–Crippen LogP) is 3.16. The quantitative estimate of drug-likeness (QED) is 0.318. The molecule has 0 saturated heterocycles. The highest BCUT2D eigenvalue weighted by Gasteiger charge is 2.25. The van der Waals surface area contributed by atoms with E-state index in [-0.39, 0.29) is 17.8 Å². The van der Waals surface area contributed by atoms with E-state index in [1.54, 1.807) is 36.4 Å². The molecule has 0 unspecified atom stereocenters. The summed E-state index contributed by atoms with van der Waals surface area (Å²) in [6.07, 6.45) is 6.46. The van der Waals surface area contributed by atoms with Crippen LogP contribution < -0.4 is 10.8 Å². The smallest absolute Gasteiger partial charge is 0.267 e. The molecular weight excluding hydrogens is 347 g/mol. The number of halogens is 1. The van der Waals surface area contributed by atoms with E-state index in [0.29, 0.717) is 11.1 Å². The first-order valence-corrected chi connectivity index (χ1v) is 8.56. The molecule has 0 atom stereocenters. The summed E-state index contributed by atoms with van der Waals surface area (Å²) in [4.78, 5) is 23.6. The van der Waals surface area contributed by atoms with Crippen LogP contribution in [-0.4, -0.2) is 23.1 Å². The molecule has 0 aliphatic heterocycles. The molecule has 5 nitrogen and oxygen atoms in total. The lowest BCUT2D eigenvalue weighted by Gasteiger charge is -2.09. The Kier molecular flexibility index (Phi) is 5.78. The Balaban J connectivity index is 1.85. The standard InChI is InChI=1S/C21H19FN2O3/c22-17-8-6-16(7-9-17)19(21(26)23-18-10-11-18)13-15-3-1-14(2-4-15)5-12-20(25)24-27/h1-9,12-13,18,27H,10-11H2,(H,23,26)(H,24,25). The summed E-state index contributed by atoms with van der Waals surface area (Å²) in [7, 11) is 0. The second-order valence-electron chi connectivity index (χ2n) is 6.29. The molecule has 3 rings (SSSR count). The molecule has 0 aromatic heterocycles. The Labute approximate surface area is 156 Å². The predicted molar refractivity (Wildman–Crippen MR) is 101 cm³/mol. The zero-order valence-electron chi connectivity index (χ0n) is 14.5. The Bertz CT molecular complexity index is 883. The van der Waals surface area contributed by atoms with Crippen molar-refractivity contribution in [3.63, 3.8) is 0 Å². The van der Waals surface area contributed by atoms with Crippen LogP contribution in [0.25, 0.3) is 17.7 Å². The van der Waals surface area contributed by atoms with Crippen molar-refractivity contribution in [1.29, 1.82) is 0 Å². The lowest BCUT2D eigenvalue weighted by atomic mass is 10.0. The van der Waals surface area contributed by atoms with E-state index < -0.39 is 5.91 Å². The van der Waals surface area contributed by atoms with E-state index in [2.05, 4.69) is 5.32 Å². The minimum Gasteiger partial charge on any atom is -0.349 e.